The molecule has 146 valence electrons. The van der Waals surface area contributed by atoms with Crippen molar-refractivity contribution < 1.29 is 19.1 Å². The Labute approximate surface area is 167 Å². The van der Waals surface area contributed by atoms with Gasteiger partial charge < -0.3 is 10.1 Å². The molecule has 0 fully saturated rings. The van der Waals surface area contributed by atoms with E-state index in [0.717, 1.165) is 18.4 Å². The lowest BCUT2D eigenvalue weighted by molar-refractivity contribution is -0.145. The van der Waals surface area contributed by atoms with Crippen LogP contribution in [0.4, 0.5) is 0 Å². The number of benzene rings is 1. The molecule has 0 bridgehead atoms. The summed E-state index contributed by atoms with van der Waals surface area (Å²) in [5, 5.41) is 3.86. The van der Waals surface area contributed by atoms with Crippen LogP contribution >= 0.6 is 23.2 Å². The van der Waals surface area contributed by atoms with Gasteiger partial charge >= 0.3 is 5.97 Å². The first-order valence-corrected chi connectivity index (χ1v) is 9.30. The van der Waals surface area contributed by atoms with Gasteiger partial charge in [0, 0.05) is 28.9 Å². The van der Waals surface area contributed by atoms with Gasteiger partial charge in [0.15, 0.2) is 6.61 Å². The summed E-state index contributed by atoms with van der Waals surface area (Å²) in [5.74, 6) is -1.37. The van der Waals surface area contributed by atoms with E-state index in [4.69, 9.17) is 27.9 Å². The van der Waals surface area contributed by atoms with Crippen molar-refractivity contribution in [3.05, 3.63) is 45.6 Å². The van der Waals surface area contributed by atoms with Crippen molar-refractivity contribution in [3.63, 3.8) is 0 Å². The Kier molecular flexibility index (Phi) is 7.94. The van der Waals surface area contributed by atoms with Gasteiger partial charge in [0.1, 0.15) is 5.70 Å². The number of hydrogen-bond acceptors (Lipinski definition) is 5. The molecule has 1 heterocycles. The summed E-state index contributed by atoms with van der Waals surface area (Å²) in [7, 11) is 0. The second-order valence-electron chi connectivity index (χ2n) is 6.03. The SMILES string of the molecule is CCC[C@H](CNC(=O)COC(=O)C1=CCC(=O)NN1)c1ccc(Cl)cc1Cl. The van der Waals surface area contributed by atoms with Gasteiger partial charge in [-0.1, -0.05) is 42.6 Å². The maximum absolute atomic E-state index is 12.0. The van der Waals surface area contributed by atoms with Crippen LogP contribution in [0.1, 0.15) is 37.7 Å². The molecule has 2 rings (SSSR count). The highest BCUT2D eigenvalue weighted by atomic mass is 35.5. The van der Waals surface area contributed by atoms with Gasteiger partial charge in [0.05, 0.1) is 0 Å². The highest BCUT2D eigenvalue weighted by Crippen LogP contribution is 2.30. The van der Waals surface area contributed by atoms with E-state index in [1.165, 1.54) is 6.08 Å². The van der Waals surface area contributed by atoms with Gasteiger partial charge in [0.2, 0.25) is 5.91 Å². The average Bonchev–Trinajstić information content (AvgIpc) is 2.64. The molecule has 0 radical (unpaired) electrons. The molecule has 1 aromatic rings. The number of nitrogens with one attached hydrogen (secondary N) is 3. The monoisotopic (exact) mass is 413 g/mol. The molecular weight excluding hydrogens is 393 g/mol. The van der Waals surface area contributed by atoms with Crippen LogP contribution in [-0.4, -0.2) is 30.9 Å². The smallest absolute Gasteiger partial charge is 0.356 e. The predicted molar refractivity (Wildman–Crippen MR) is 102 cm³/mol. The van der Waals surface area contributed by atoms with Crippen molar-refractivity contribution in [1.82, 2.24) is 16.2 Å². The topological polar surface area (TPSA) is 96.5 Å². The zero-order chi connectivity index (χ0) is 19.8. The van der Waals surface area contributed by atoms with Crippen molar-refractivity contribution in [2.24, 2.45) is 0 Å². The van der Waals surface area contributed by atoms with Crippen molar-refractivity contribution in [2.45, 2.75) is 32.1 Å². The van der Waals surface area contributed by atoms with Crippen LogP contribution in [0.3, 0.4) is 0 Å². The summed E-state index contributed by atoms with van der Waals surface area (Å²) >= 11 is 12.2. The van der Waals surface area contributed by atoms with E-state index in [-0.39, 0.29) is 23.9 Å². The van der Waals surface area contributed by atoms with Crippen LogP contribution < -0.4 is 16.2 Å². The number of carbonyl (C=O) groups excluding carboxylic acids is 3. The highest BCUT2D eigenvalue weighted by Gasteiger charge is 2.19. The summed E-state index contributed by atoms with van der Waals surface area (Å²) in [4.78, 5) is 34.9. The van der Waals surface area contributed by atoms with Crippen molar-refractivity contribution in [1.29, 1.82) is 0 Å². The van der Waals surface area contributed by atoms with Crippen LogP contribution in [0.25, 0.3) is 0 Å². The first kappa shape index (κ1) is 21.1. The molecular formula is C18H21Cl2N3O4. The maximum Gasteiger partial charge on any atom is 0.356 e. The minimum Gasteiger partial charge on any atom is -0.451 e. The van der Waals surface area contributed by atoms with E-state index in [1.807, 2.05) is 13.0 Å². The van der Waals surface area contributed by atoms with Crippen LogP contribution in [0.2, 0.25) is 10.0 Å². The Morgan fingerprint density at radius 3 is 2.70 bits per heavy atom. The fraction of sp³-hybridized carbons (Fsp3) is 0.389. The standard InChI is InChI=1S/C18H21Cl2N3O4/c1-2-3-11(13-5-4-12(19)8-14(13)20)9-21-17(25)10-27-18(26)15-6-7-16(24)23-22-15/h4-6,8,11,22H,2-3,7,9-10H2,1H3,(H,21,25)(H,23,24)/t11-/m1/s1. The minimum atomic E-state index is -0.712. The fourth-order valence-corrected chi connectivity index (χ4v) is 3.18. The molecule has 1 aliphatic rings. The van der Waals surface area contributed by atoms with Crippen molar-refractivity contribution in [2.75, 3.05) is 13.2 Å². The number of halogens is 2. The molecule has 1 aromatic carbocycles. The van der Waals surface area contributed by atoms with Gasteiger partial charge in [-0.3, -0.25) is 20.4 Å². The summed E-state index contributed by atoms with van der Waals surface area (Å²) in [6.07, 6.45) is 3.22. The van der Waals surface area contributed by atoms with Gasteiger partial charge in [-0.15, -0.1) is 0 Å². The number of esters is 1. The highest BCUT2D eigenvalue weighted by molar-refractivity contribution is 6.35. The third kappa shape index (κ3) is 6.45. The predicted octanol–water partition coefficient (Wildman–Crippen LogP) is 2.44. The summed E-state index contributed by atoms with van der Waals surface area (Å²) < 4.78 is 4.94. The average molecular weight is 414 g/mol. The summed E-state index contributed by atoms with van der Waals surface area (Å²) in [6, 6.07) is 5.29. The number of ether oxygens (including phenoxy) is 1. The number of hydrogen-bond donors (Lipinski definition) is 3. The Balaban J connectivity index is 1.85. The summed E-state index contributed by atoms with van der Waals surface area (Å²) in [5.41, 5.74) is 5.73. The van der Waals surface area contributed by atoms with E-state index in [9.17, 15) is 14.4 Å². The van der Waals surface area contributed by atoms with E-state index in [2.05, 4.69) is 16.2 Å². The Morgan fingerprint density at radius 2 is 2.07 bits per heavy atom. The second kappa shape index (κ2) is 10.2. The molecule has 0 saturated carbocycles. The van der Waals surface area contributed by atoms with Crippen LogP contribution in [0, 0.1) is 0 Å². The molecule has 3 N–H and O–H groups in total. The van der Waals surface area contributed by atoms with Gasteiger partial charge in [-0.25, -0.2) is 4.79 Å². The molecule has 9 heteroatoms. The zero-order valence-electron chi connectivity index (χ0n) is 14.8. The second-order valence-corrected chi connectivity index (χ2v) is 6.87. The first-order chi connectivity index (χ1) is 12.9. The third-order valence-electron chi connectivity index (χ3n) is 3.97. The number of carbonyl (C=O) groups is 3. The normalized spacial score (nSPS) is 14.5. The Hall–Kier alpha value is -2.25. The molecule has 2 amide bonds. The lowest BCUT2D eigenvalue weighted by Gasteiger charge is -2.19. The van der Waals surface area contributed by atoms with Gasteiger partial charge in [0.25, 0.3) is 5.91 Å². The zero-order valence-corrected chi connectivity index (χ0v) is 16.3. The van der Waals surface area contributed by atoms with Crippen molar-refractivity contribution in [3.8, 4) is 0 Å². The quantitative estimate of drug-likeness (QED) is 0.568. The molecule has 0 saturated heterocycles. The van der Waals surface area contributed by atoms with Crippen LogP contribution in [-0.2, 0) is 19.1 Å². The molecule has 1 aliphatic heterocycles. The van der Waals surface area contributed by atoms with E-state index in [0.29, 0.717) is 16.6 Å². The number of rotatable bonds is 8. The lowest BCUT2D eigenvalue weighted by Crippen LogP contribution is -2.43. The van der Waals surface area contributed by atoms with Crippen LogP contribution in [0.15, 0.2) is 30.0 Å². The first-order valence-electron chi connectivity index (χ1n) is 8.54. The Morgan fingerprint density at radius 1 is 1.30 bits per heavy atom. The fourth-order valence-electron chi connectivity index (χ4n) is 2.61. The number of hydrazine groups is 1. The lowest BCUT2D eigenvalue weighted by atomic mass is 9.94. The molecule has 0 aliphatic carbocycles. The van der Waals surface area contributed by atoms with Gasteiger partial charge in [-0.05, 0) is 30.2 Å². The third-order valence-corrected chi connectivity index (χ3v) is 4.53. The van der Waals surface area contributed by atoms with Crippen molar-refractivity contribution >= 4 is 41.0 Å². The molecule has 0 unspecified atom stereocenters. The minimum absolute atomic E-state index is 0.0253. The van der Waals surface area contributed by atoms with E-state index >= 15 is 0 Å². The molecule has 27 heavy (non-hydrogen) atoms. The van der Waals surface area contributed by atoms with Crippen LogP contribution in [0.5, 0.6) is 0 Å². The summed E-state index contributed by atoms with van der Waals surface area (Å²) in [6.45, 7) is 1.99. The number of amides is 2. The molecule has 0 aromatic heterocycles. The maximum atomic E-state index is 12.0. The van der Waals surface area contributed by atoms with E-state index < -0.39 is 18.5 Å². The Bertz CT molecular complexity index is 752. The van der Waals surface area contributed by atoms with Gasteiger partial charge in [-0.2, -0.15) is 0 Å². The largest absolute Gasteiger partial charge is 0.451 e. The molecule has 0 spiro atoms. The van der Waals surface area contributed by atoms with E-state index in [1.54, 1.807) is 12.1 Å². The molecule has 7 nitrogen and oxygen atoms in total. The molecule has 1 atom stereocenters.